The van der Waals surface area contributed by atoms with E-state index in [-0.39, 0.29) is 5.91 Å². The Hall–Kier alpha value is -2.28. The van der Waals surface area contributed by atoms with Gasteiger partial charge in [-0.15, -0.1) is 11.3 Å². The highest BCUT2D eigenvalue weighted by Gasteiger charge is 2.12. The summed E-state index contributed by atoms with van der Waals surface area (Å²) >= 11 is 1.63. The van der Waals surface area contributed by atoms with Gasteiger partial charge in [-0.3, -0.25) is 9.69 Å². The van der Waals surface area contributed by atoms with E-state index in [0.29, 0.717) is 5.56 Å². The number of hydrogen-bond donors (Lipinski definition) is 1. The Morgan fingerprint density at radius 1 is 1.19 bits per heavy atom. The van der Waals surface area contributed by atoms with E-state index in [4.69, 9.17) is 4.74 Å². The van der Waals surface area contributed by atoms with Gasteiger partial charge in [0, 0.05) is 30.9 Å². The van der Waals surface area contributed by atoms with E-state index in [1.807, 2.05) is 49.4 Å². The van der Waals surface area contributed by atoms with Crippen LogP contribution in [0.15, 0.2) is 42.5 Å². The van der Waals surface area contributed by atoms with Crippen LogP contribution in [0.25, 0.3) is 10.2 Å². The number of nitrogens with one attached hydrogen (secondary N) is 1. The number of anilines is 1. The Labute approximate surface area is 156 Å². The van der Waals surface area contributed by atoms with Gasteiger partial charge in [0.1, 0.15) is 0 Å². The van der Waals surface area contributed by atoms with Crippen molar-refractivity contribution in [1.29, 1.82) is 0 Å². The number of morpholine rings is 1. The van der Waals surface area contributed by atoms with E-state index in [0.717, 1.165) is 53.8 Å². The lowest BCUT2D eigenvalue weighted by atomic mass is 10.1. The number of thiazole rings is 1. The van der Waals surface area contributed by atoms with Crippen molar-refractivity contribution in [2.24, 2.45) is 0 Å². The summed E-state index contributed by atoms with van der Waals surface area (Å²) < 4.78 is 6.46. The second-order valence-electron chi connectivity index (χ2n) is 6.45. The van der Waals surface area contributed by atoms with Crippen LogP contribution >= 0.6 is 11.3 Å². The number of rotatable bonds is 4. The highest BCUT2D eigenvalue weighted by Crippen LogP contribution is 2.25. The summed E-state index contributed by atoms with van der Waals surface area (Å²) in [7, 11) is 0. The first-order chi connectivity index (χ1) is 12.7. The summed E-state index contributed by atoms with van der Waals surface area (Å²) in [4.78, 5) is 19.3. The van der Waals surface area contributed by atoms with E-state index in [1.54, 1.807) is 11.3 Å². The summed E-state index contributed by atoms with van der Waals surface area (Å²) in [5, 5.41) is 4.00. The summed E-state index contributed by atoms with van der Waals surface area (Å²) in [6, 6.07) is 13.7. The quantitative estimate of drug-likeness (QED) is 0.764. The Kier molecular flexibility index (Phi) is 4.97. The molecule has 5 nitrogen and oxygen atoms in total. The Bertz CT molecular complexity index is 914. The van der Waals surface area contributed by atoms with Crippen LogP contribution in [0.4, 0.5) is 5.69 Å². The van der Waals surface area contributed by atoms with E-state index in [2.05, 4.69) is 15.2 Å². The molecule has 0 radical (unpaired) electrons. The third kappa shape index (κ3) is 3.93. The number of benzene rings is 2. The van der Waals surface area contributed by atoms with Gasteiger partial charge in [0.15, 0.2) is 0 Å². The van der Waals surface area contributed by atoms with Crippen molar-refractivity contribution in [2.75, 3.05) is 31.6 Å². The lowest BCUT2D eigenvalue weighted by molar-refractivity contribution is 0.0342. The zero-order chi connectivity index (χ0) is 17.9. The molecule has 1 fully saturated rings. The van der Waals surface area contributed by atoms with Gasteiger partial charge in [-0.1, -0.05) is 12.1 Å². The van der Waals surface area contributed by atoms with Gasteiger partial charge < -0.3 is 10.1 Å². The molecule has 0 unspecified atom stereocenters. The molecule has 6 heteroatoms. The number of hydrogen-bond acceptors (Lipinski definition) is 5. The molecule has 1 N–H and O–H groups in total. The highest BCUT2D eigenvalue weighted by atomic mass is 32.1. The predicted octanol–water partition coefficient (Wildman–Crippen LogP) is 3.69. The van der Waals surface area contributed by atoms with Crippen molar-refractivity contribution in [3.05, 3.63) is 58.6 Å². The first-order valence-corrected chi connectivity index (χ1v) is 9.57. The highest BCUT2D eigenvalue weighted by molar-refractivity contribution is 7.18. The zero-order valence-electron chi connectivity index (χ0n) is 14.7. The van der Waals surface area contributed by atoms with Crippen molar-refractivity contribution in [1.82, 2.24) is 9.88 Å². The molecule has 2 aromatic carbocycles. The number of nitrogens with zero attached hydrogens (tertiary/aromatic N) is 2. The van der Waals surface area contributed by atoms with Crippen molar-refractivity contribution >= 4 is 33.1 Å². The van der Waals surface area contributed by atoms with E-state index in [9.17, 15) is 4.79 Å². The van der Waals surface area contributed by atoms with Gasteiger partial charge >= 0.3 is 0 Å². The van der Waals surface area contributed by atoms with Crippen LogP contribution in [-0.2, 0) is 11.3 Å². The Balaban J connectivity index is 1.41. The fourth-order valence-corrected chi connectivity index (χ4v) is 3.97. The van der Waals surface area contributed by atoms with Crippen molar-refractivity contribution in [3.63, 3.8) is 0 Å². The first-order valence-electron chi connectivity index (χ1n) is 8.75. The maximum Gasteiger partial charge on any atom is 0.255 e. The molecule has 1 aliphatic rings. The van der Waals surface area contributed by atoms with Crippen LogP contribution < -0.4 is 5.32 Å². The molecule has 2 heterocycles. The third-order valence-corrected chi connectivity index (χ3v) is 5.41. The second kappa shape index (κ2) is 7.53. The average molecular weight is 367 g/mol. The zero-order valence-corrected chi connectivity index (χ0v) is 15.5. The molecule has 0 aliphatic carbocycles. The van der Waals surface area contributed by atoms with E-state index < -0.39 is 0 Å². The third-order valence-electron chi connectivity index (χ3n) is 4.48. The molecule has 134 valence electrons. The maximum atomic E-state index is 12.5. The number of carbonyl (C=O) groups is 1. The Morgan fingerprint density at radius 2 is 1.96 bits per heavy atom. The molecule has 0 bridgehead atoms. The van der Waals surface area contributed by atoms with Gasteiger partial charge in [-0.2, -0.15) is 0 Å². The van der Waals surface area contributed by atoms with Gasteiger partial charge in [-0.05, 0) is 42.8 Å². The first kappa shape index (κ1) is 17.1. The molecule has 1 amide bonds. The summed E-state index contributed by atoms with van der Waals surface area (Å²) in [5.74, 6) is -0.0940. The molecule has 4 rings (SSSR count). The SMILES string of the molecule is Cc1nc2ccc(NC(=O)c3ccc(CN4CCOCC4)cc3)cc2s1. The largest absolute Gasteiger partial charge is 0.379 e. The number of carbonyl (C=O) groups excluding carboxylic acids is 1. The van der Waals surface area contributed by atoms with Crippen LogP contribution in [0.3, 0.4) is 0 Å². The van der Waals surface area contributed by atoms with Gasteiger partial charge in [-0.25, -0.2) is 4.98 Å². The standard InChI is InChI=1S/C20H21N3O2S/c1-14-21-18-7-6-17(12-19(18)26-14)22-20(24)16-4-2-15(3-5-16)13-23-8-10-25-11-9-23/h2-7,12H,8-11,13H2,1H3,(H,22,24). The van der Waals surface area contributed by atoms with E-state index in [1.165, 1.54) is 5.56 Å². The minimum atomic E-state index is -0.0940. The monoisotopic (exact) mass is 367 g/mol. The van der Waals surface area contributed by atoms with Crippen molar-refractivity contribution in [2.45, 2.75) is 13.5 Å². The molecule has 3 aromatic rings. The predicted molar refractivity (Wildman–Crippen MR) is 105 cm³/mol. The number of ether oxygens (including phenoxy) is 1. The fourth-order valence-electron chi connectivity index (χ4n) is 3.10. The van der Waals surface area contributed by atoms with E-state index >= 15 is 0 Å². The van der Waals surface area contributed by atoms with Crippen molar-refractivity contribution in [3.8, 4) is 0 Å². The van der Waals surface area contributed by atoms with Crippen LogP contribution in [0.5, 0.6) is 0 Å². The molecular formula is C20H21N3O2S. The smallest absolute Gasteiger partial charge is 0.255 e. The van der Waals surface area contributed by atoms with Gasteiger partial charge in [0.05, 0.1) is 28.4 Å². The lowest BCUT2D eigenvalue weighted by Crippen LogP contribution is -2.35. The molecule has 0 atom stereocenters. The van der Waals surface area contributed by atoms with Crippen LogP contribution in [0.2, 0.25) is 0 Å². The summed E-state index contributed by atoms with van der Waals surface area (Å²) in [6.45, 7) is 6.39. The van der Waals surface area contributed by atoms with Crippen LogP contribution in [-0.4, -0.2) is 42.1 Å². The topological polar surface area (TPSA) is 54.5 Å². The molecule has 1 aliphatic heterocycles. The molecule has 0 spiro atoms. The maximum absolute atomic E-state index is 12.5. The lowest BCUT2D eigenvalue weighted by Gasteiger charge is -2.26. The number of amides is 1. The minimum absolute atomic E-state index is 0.0940. The second-order valence-corrected chi connectivity index (χ2v) is 7.69. The molecule has 0 saturated carbocycles. The number of aromatic nitrogens is 1. The Morgan fingerprint density at radius 3 is 2.73 bits per heavy atom. The summed E-state index contributed by atoms with van der Waals surface area (Å²) in [6.07, 6.45) is 0. The number of fused-ring (bicyclic) bond motifs is 1. The molecule has 26 heavy (non-hydrogen) atoms. The normalized spacial score (nSPS) is 15.3. The van der Waals surface area contributed by atoms with Gasteiger partial charge in [0.2, 0.25) is 0 Å². The average Bonchev–Trinajstić information content (AvgIpc) is 3.02. The van der Waals surface area contributed by atoms with Crippen LogP contribution in [0.1, 0.15) is 20.9 Å². The number of aryl methyl sites for hydroxylation is 1. The van der Waals surface area contributed by atoms with Gasteiger partial charge in [0.25, 0.3) is 5.91 Å². The van der Waals surface area contributed by atoms with Crippen molar-refractivity contribution < 1.29 is 9.53 Å². The molecule has 1 aromatic heterocycles. The minimum Gasteiger partial charge on any atom is -0.379 e. The summed E-state index contributed by atoms with van der Waals surface area (Å²) in [5.41, 5.74) is 3.64. The van der Waals surface area contributed by atoms with Crippen LogP contribution in [0, 0.1) is 6.92 Å². The molecular weight excluding hydrogens is 346 g/mol. The molecule has 1 saturated heterocycles. The fraction of sp³-hybridized carbons (Fsp3) is 0.300.